The van der Waals surface area contributed by atoms with Gasteiger partial charge in [0.1, 0.15) is 11.9 Å². The number of aromatic nitrogens is 2. The highest BCUT2D eigenvalue weighted by Crippen LogP contribution is 2.21. The summed E-state index contributed by atoms with van der Waals surface area (Å²) in [5.41, 5.74) is 0.768. The fraction of sp³-hybridized carbons (Fsp3) is 0.538. The number of likely N-dealkylation sites (tertiary alicyclic amines) is 1. The first kappa shape index (κ1) is 15.8. The molecule has 1 aromatic rings. The van der Waals surface area contributed by atoms with Crippen LogP contribution in [0, 0.1) is 6.92 Å². The van der Waals surface area contributed by atoms with E-state index in [0.717, 1.165) is 16.4 Å². The fourth-order valence-electron chi connectivity index (χ4n) is 2.41. The Labute approximate surface area is 127 Å². The molecule has 2 heterocycles. The normalized spacial score (nSPS) is 20.8. The summed E-state index contributed by atoms with van der Waals surface area (Å²) in [6, 6.07) is 0.436. The Morgan fingerprint density at radius 1 is 1.36 bits per heavy atom. The third-order valence-electron chi connectivity index (χ3n) is 3.46. The summed E-state index contributed by atoms with van der Waals surface area (Å²) in [6.45, 7) is 1.92. The summed E-state index contributed by atoms with van der Waals surface area (Å²) in [4.78, 5) is 33.6. The van der Waals surface area contributed by atoms with E-state index < -0.39 is 18.1 Å². The molecular formula is C13H19N5O4. The maximum Gasteiger partial charge on any atom is 0.408 e. The van der Waals surface area contributed by atoms with Gasteiger partial charge in [-0.3, -0.25) is 4.90 Å². The van der Waals surface area contributed by atoms with Gasteiger partial charge in [-0.05, 0) is 6.92 Å². The summed E-state index contributed by atoms with van der Waals surface area (Å²) in [6.07, 6.45) is -1.06. The zero-order chi connectivity index (χ0) is 16.4. The lowest BCUT2D eigenvalue weighted by Gasteiger charge is -2.17. The van der Waals surface area contributed by atoms with Crippen molar-refractivity contribution >= 4 is 23.8 Å². The molecule has 0 aromatic carbocycles. The number of amides is 1. The van der Waals surface area contributed by atoms with Crippen molar-refractivity contribution < 1.29 is 19.8 Å². The van der Waals surface area contributed by atoms with E-state index >= 15 is 0 Å². The third kappa shape index (κ3) is 3.35. The number of aryl methyl sites for hydroxylation is 1. The largest absolute Gasteiger partial charge is 0.480 e. The van der Waals surface area contributed by atoms with Crippen LogP contribution in [0.3, 0.4) is 0 Å². The Hall–Kier alpha value is -2.58. The highest BCUT2D eigenvalue weighted by molar-refractivity contribution is 5.80. The van der Waals surface area contributed by atoms with Gasteiger partial charge in [-0.1, -0.05) is 0 Å². The van der Waals surface area contributed by atoms with Crippen molar-refractivity contribution in [1.29, 1.82) is 0 Å². The molecule has 120 valence electrons. The fourth-order valence-corrected chi connectivity index (χ4v) is 2.41. The van der Waals surface area contributed by atoms with Crippen LogP contribution < -0.4 is 10.2 Å². The van der Waals surface area contributed by atoms with E-state index in [1.54, 1.807) is 0 Å². The van der Waals surface area contributed by atoms with Gasteiger partial charge in [-0.25, -0.2) is 14.6 Å². The van der Waals surface area contributed by atoms with Crippen LogP contribution in [0.25, 0.3) is 0 Å². The summed E-state index contributed by atoms with van der Waals surface area (Å²) < 4.78 is 0. The molecular weight excluding hydrogens is 290 g/mol. The molecule has 0 bridgehead atoms. The van der Waals surface area contributed by atoms with E-state index in [1.165, 1.54) is 0 Å². The minimum Gasteiger partial charge on any atom is -0.480 e. The molecule has 2 rings (SSSR count). The van der Waals surface area contributed by atoms with Gasteiger partial charge in [0.05, 0.1) is 0 Å². The Morgan fingerprint density at radius 3 is 2.55 bits per heavy atom. The van der Waals surface area contributed by atoms with Crippen molar-refractivity contribution in [1.82, 2.24) is 14.9 Å². The second kappa shape index (κ2) is 6.04. The molecule has 0 spiro atoms. The Kier molecular flexibility index (Phi) is 4.34. The lowest BCUT2D eigenvalue weighted by molar-refractivity contribution is -0.141. The van der Waals surface area contributed by atoms with Crippen molar-refractivity contribution in [2.45, 2.75) is 25.4 Å². The first-order valence-corrected chi connectivity index (χ1v) is 6.80. The predicted octanol–water partition coefficient (Wildman–Crippen LogP) is 0.468. The Bertz CT molecular complexity index is 570. The van der Waals surface area contributed by atoms with E-state index in [2.05, 4.69) is 15.3 Å². The molecule has 9 nitrogen and oxygen atoms in total. The third-order valence-corrected chi connectivity index (χ3v) is 3.46. The molecule has 1 saturated heterocycles. The number of rotatable bonds is 4. The van der Waals surface area contributed by atoms with Gasteiger partial charge in [0.15, 0.2) is 0 Å². The number of carbonyl (C=O) groups is 2. The van der Waals surface area contributed by atoms with Crippen molar-refractivity contribution in [2.75, 3.05) is 30.9 Å². The molecule has 1 amide bonds. The van der Waals surface area contributed by atoms with Crippen LogP contribution in [0.15, 0.2) is 6.07 Å². The van der Waals surface area contributed by atoms with Crippen molar-refractivity contribution in [3.05, 3.63) is 11.8 Å². The zero-order valence-electron chi connectivity index (χ0n) is 12.6. The average molecular weight is 309 g/mol. The maximum atomic E-state index is 11.1. The standard InChI is InChI=1S/C13H19N5O4/c1-7-4-10(17(2)3)16-12(14-7)15-8-5-9(11(19)20)18(6-8)13(21)22/h4,8-9H,5-6H2,1-3H3,(H,19,20)(H,21,22)(H,14,15,16)/t8-,9-/m0/s1. The van der Waals surface area contributed by atoms with Crippen LogP contribution in [0.1, 0.15) is 12.1 Å². The topological polar surface area (TPSA) is 119 Å². The van der Waals surface area contributed by atoms with Crippen LogP contribution >= 0.6 is 0 Å². The highest BCUT2D eigenvalue weighted by Gasteiger charge is 2.40. The lowest BCUT2D eigenvalue weighted by atomic mass is 10.2. The first-order chi connectivity index (χ1) is 10.3. The second-order valence-corrected chi connectivity index (χ2v) is 5.45. The van der Waals surface area contributed by atoms with Crippen LogP contribution in [-0.4, -0.2) is 69.9 Å². The quantitative estimate of drug-likeness (QED) is 0.734. The van der Waals surface area contributed by atoms with Crippen molar-refractivity contribution in [3.8, 4) is 0 Å². The minimum atomic E-state index is -1.24. The van der Waals surface area contributed by atoms with Crippen molar-refractivity contribution in [3.63, 3.8) is 0 Å². The van der Waals surface area contributed by atoms with Crippen LogP contribution in [0.4, 0.5) is 16.6 Å². The molecule has 1 aliphatic heterocycles. The molecule has 1 fully saturated rings. The monoisotopic (exact) mass is 309 g/mol. The molecule has 3 N–H and O–H groups in total. The summed E-state index contributed by atoms with van der Waals surface area (Å²) >= 11 is 0. The molecule has 0 aliphatic carbocycles. The van der Waals surface area contributed by atoms with E-state index in [-0.39, 0.29) is 19.0 Å². The average Bonchev–Trinajstić information content (AvgIpc) is 2.82. The van der Waals surface area contributed by atoms with Gasteiger partial charge in [-0.15, -0.1) is 0 Å². The minimum absolute atomic E-state index is 0.0842. The molecule has 22 heavy (non-hydrogen) atoms. The summed E-state index contributed by atoms with van der Waals surface area (Å²) in [5, 5.41) is 21.2. The predicted molar refractivity (Wildman–Crippen MR) is 79.3 cm³/mol. The van der Waals surface area contributed by atoms with Gasteiger partial charge in [0.25, 0.3) is 0 Å². The summed E-state index contributed by atoms with van der Waals surface area (Å²) in [7, 11) is 3.71. The van der Waals surface area contributed by atoms with E-state index in [4.69, 9.17) is 10.2 Å². The molecule has 1 aliphatic rings. The molecule has 0 radical (unpaired) electrons. The van der Waals surface area contributed by atoms with Gasteiger partial charge in [0, 0.05) is 44.9 Å². The smallest absolute Gasteiger partial charge is 0.408 e. The van der Waals surface area contributed by atoms with Crippen LogP contribution in [0.5, 0.6) is 0 Å². The Morgan fingerprint density at radius 2 is 2.05 bits per heavy atom. The van der Waals surface area contributed by atoms with E-state index in [0.29, 0.717) is 5.95 Å². The lowest BCUT2D eigenvalue weighted by Crippen LogP contribution is -2.39. The SMILES string of the molecule is Cc1cc(N(C)C)nc(N[C@H]2C[C@@H](C(=O)O)N(C(=O)O)C2)n1. The summed E-state index contributed by atoms with van der Waals surface area (Å²) in [5.74, 6) is -0.0613. The number of nitrogens with zero attached hydrogens (tertiary/aromatic N) is 4. The van der Waals surface area contributed by atoms with Gasteiger partial charge in [0.2, 0.25) is 5.95 Å². The molecule has 0 unspecified atom stereocenters. The van der Waals surface area contributed by atoms with Gasteiger partial charge >= 0.3 is 12.1 Å². The van der Waals surface area contributed by atoms with Crippen LogP contribution in [0.2, 0.25) is 0 Å². The molecule has 1 aromatic heterocycles. The second-order valence-electron chi connectivity index (χ2n) is 5.45. The van der Waals surface area contributed by atoms with E-state index in [1.807, 2.05) is 32.0 Å². The molecule has 2 atom stereocenters. The number of hydrogen-bond donors (Lipinski definition) is 3. The highest BCUT2D eigenvalue weighted by atomic mass is 16.4. The van der Waals surface area contributed by atoms with Gasteiger partial charge in [-0.2, -0.15) is 4.98 Å². The van der Waals surface area contributed by atoms with Crippen LogP contribution in [-0.2, 0) is 4.79 Å². The molecule has 9 heteroatoms. The zero-order valence-corrected chi connectivity index (χ0v) is 12.6. The number of aliphatic carboxylic acids is 1. The van der Waals surface area contributed by atoms with E-state index in [9.17, 15) is 9.59 Å². The number of anilines is 2. The maximum absolute atomic E-state index is 11.1. The number of hydrogen-bond acceptors (Lipinski definition) is 6. The Balaban J connectivity index is 2.15. The first-order valence-electron chi connectivity index (χ1n) is 6.80. The number of nitrogens with one attached hydrogen (secondary N) is 1. The van der Waals surface area contributed by atoms with Gasteiger partial charge < -0.3 is 20.4 Å². The number of carboxylic acids is 1. The molecule has 0 saturated carbocycles. The van der Waals surface area contributed by atoms with Crippen molar-refractivity contribution in [2.24, 2.45) is 0 Å². The number of carboxylic acid groups (broad SMARTS) is 2.